The molecule has 0 radical (unpaired) electrons. The van der Waals surface area contributed by atoms with Gasteiger partial charge in [0.25, 0.3) is 0 Å². The Hall–Kier alpha value is -3.24. The molecule has 1 heterocycles. The molecule has 28 heavy (non-hydrogen) atoms. The van der Waals surface area contributed by atoms with Crippen molar-refractivity contribution in [2.24, 2.45) is 0 Å². The van der Waals surface area contributed by atoms with Gasteiger partial charge in [0.15, 0.2) is 5.11 Å². The first-order valence-corrected chi connectivity index (χ1v) is 8.94. The molecule has 1 unspecified atom stereocenters. The Morgan fingerprint density at radius 2 is 2.04 bits per heavy atom. The van der Waals surface area contributed by atoms with E-state index < -0.39 is 12.0 Å². The maximum Gasteiger partial charge on any atom is 0.337 e. The number of halogens is 1. The van der Waals surface area contributed by atoms with Gasteiger partial charge in [-0.15, -0.1) is 0 Å². The van der Waals surface area contributed by atoms with Crippen molar-refractivity contribution in [2.45, 2.75) is 19.9 Å². The number of carbonyl (C=O) groups is 1. The number of benzene rings is 2. The number of ether oxygens (including phenoxy) is 1. The normalized spacial score (nSPS) is 16.5. The van der Waals surface area contributed by atoms with Crippen LogP contribution < -0.4 is 10.2 Å². The first-order chi connectivity index (χ1) is 13.4. The van der Waals surface area contributed by atoms with E-state index >= 15 is 0 Å². The Morgan fingerprint density at radius 1 is 1.29 bits per heavy atom. The molecule has 0 bridgehead atoms. The van der Waals surface area contributed by atoms with Gasteiger partial charge in [-0.3, -0.25) is 4.90 Å². The van der Waals surface area contributed by atoms with Crippen molar-refractivity contribution < 1.29 is 13.9 Å². The summed E-state index contributed by atoms with van der Waals surface area (Å²) in [6.07, 6.45) is 0. The fourth-order valence-corrected chi connectivity index (χ4v) is 3.55. The quantitative estimate of drug-likeness (QED) is 0.628. The van der Waals surface area contributed by atoms with Crippen LogP contribution in [0.5, 0.6) is 0 Å². The Balaban J connectivity index is 2.16. The van der Waals surface area contributed by atoms with Crippen molar-refractivity contribution in [3.63, 3.8) is 0 Å². The number of carbonyl (C=O) groups excluding carboxylic acids is 1. The van der Waals surface area contributed by atoms with Gasteiger partial charge in [0.05, 0.1) is 36.0 Å². The number of nitrogens with zero attached hydrogens (tertiary/aromatic N) is 2. The van der Waals surface area contributed by atoms with Crippen molar-refractivity contribution in [3.8, 4) is 6.07 Å². The number of hydrogen-bond donors (Lipinski definition) is 1. The number of allylic oxidation sites excluding steroid dienone is 1. The lowest BCUT2D eigenvalue weighted by Gasteiger charge is -2.37. The van der Waals surface area contributed by atoms with E-state index in [1.807, 2.05) is 0 Å². The van der Waals surface area contributed by atoms with E-state index in [2.05, 4.69) is 11.4 Å². The van der Waals surface area contributed by atoms with Crippen LogP contribution in [0.25, 0.3) is 0 Å². The summed E-state index contributed by atoms with van der Waals surface area (Å²) < 4.78 is 19.1. The van der Waals surface area contributed by atoms with E-state index in [0.717, 1.165) is 0 Å². The van der Waals surface area contributed by atoms with Crippen molar-refractivity contribution in [2.75, 3.05) is 12.0 Å². The number of nitrogens with one attached hydrogen (secondary N) is 1. The molecule has 0 aliphatic carbocycles. The average molecular weight is 395 g/mol. The van der Waals surface area contributed by atoms with Crippen LogP contribution in [0.4, 0.5) is 10.1 Å². The topological polar surface area (TPSA) is 65.4 Å². The summed E-state index contributed by atoms with van der Waals surface area (Å²) in [4.78, 5) is 14.2. The van der Waals surface area contributed by atoms with Crippen LogP contribution in [0.1, 0.15) is 29.7 Å². The Kier molecular flexibility index (Phi) is 5.43. The van der Waals surface area contributed by atoms with Crippen LogP contribution in [-0.2, 0) is 9.53 Å². The molecule has 1 aliphatic rings. The standard InChI is InChI=1S/C21H18FN3O2S/c1-12-7-8-16(10-17(12)22)25-13(2)18(20(26)27-3)19(24-21(25)28)15-6-4-5-14(9-15)11-23/h4-10,19H,1-3H3,(H,24,28). The molecular formula is C21H18FN3O2S. The maximum absolute atomic E-state index is 14.1. The second-order valence-electron chi connectivity index (χ2n) is 6.38. The fourth-order valence-electron chi connectivity index (χ4n) is 3.19. The Morgan fingerprint density at radius 3 is 2.68 bits per heavy atom. The van der Waals surface area contributed by atoms with Crippen LogP contribution >= 0.6 is 12.2 Å². The number of hydrogen-bond acceptors (Lipinski definition) is 4. The first kappa shape index (κ1) is 19.5. The van der Waals surface area contributed by atoms with Gasteiger partial charge in [0.2, 0.25) is 0 Å². The SMILES string of the molecule is COC(=O)C1=C(C)N(c2ccc(C)c(F)c2)C(=S)NC1c1cccc(C#N)c1. The number of esters is 1. The minimum atomic E-state index is -0.584. The van der Waals surface area contributed by atoms with E-state index in [4.69, 9.17) is 17.0 Å². The summed E-state index contributed by atoms with van der Waals surface area (Å²) >= 11 is 5.52. The third-order valence-corrected chi connectivity index (χ3v) is 4.95. The van der Waals surface area contributed by atoms with Crippen LogP contribution in [0.2, 0.25) is 0 Å². The smallest absolute Gasteiger partial charge is 0.337 e. The molecule has 1 N–H and O–H groups in total. The van der Waals surface area contributed by atoms with Gasteiger partial charge in [-0.2, -0.15) is 5.26 Å². The highest BCUT2D eigenvalue weighted by atomic mass is 32.1. The van der Waals surface area contributed by atoms with Gasteiger partial charge in [-0.1, -0.05) is 18.2 Å². The van der Waals surface area contributed by atoms with Gasteiger partial charge in [0.1, 0.15) is 5.82 Å². The minimum Gasteiger partial charge on any atom is -0.466 e. The summed E-state index contributed by atoms with van der Waals surface area (Å²) in [6, 6.07) is 13.2. The molecule has 7 heteroatoms. The predicted octanol–water partition coefficient (Wildman–Crippen LogP) is 3.89. The number of anilines is 1. The highest BCUT2D eigenvalue weighted by Gasteiger charge is 2.35. The summed E-state index contributed by atoms with van der Waals surface area (Å²) in [6.45, 7) is 3.41. The molecule has 2 aromatic carbocycles. The van der Waals surface area contributed by atoms with E-state index in [9.17, 15) is 14.4 Å². The molecule has 5 nitrogen and oxygen atoms in total. The molecule has 0 saturated carbocycles. The Labute approximate surface area is 168 Å². The summed E-state index contributed by atoms with van der Waals surface area (Å²) in [7, 11) is 1.30. The van der Waals surface area contributed by atoms with Crippen molar-refractivity contribution in [1.82, 2.24) is 5.32 Å². The van der Waals surface area contributed by atoms with Gasteiger partial charge in [-0.05, 0) is 61.5 Å². The van der Waals surface area contributed by atoms with Crippen molar-refractivity contribution in [1.29, 1.82) is 5.26 Å². The molecular weight excluding hydrogens is 377 g/mol. The summed E-state index contributed by atoms with van der Waals surface area (Å²) in [5, 5.41) is 12.6. The third kappa shape index (κ3) is 3.47. The molecule has 0 fully saturated rings. The zero-order chi connectivity index (χ0) is 20.4. The molecule has 0 aromatic heterocycles. The van der Waals surface area contributed by atoms with Crippen molar-refractivity contribution >= 4 is 29.0 Å². The minimum absolute atomic E-state index is 0.320. The highest BCUT2D eigenvalue weighted by molar-refractivity contribution is 7.80. The zero-order valence-electron chi connectivity index (χ0n) is 15.6. The second-order valence-corrected chi connectivity index (χ2v) is 6.77. The van der Waals surface area contributed by atoms with Crippen LogP contribution in [0.15, 0.2) is 53.7 Å². The van der Waals surface area contributed by atoms with Gasteiger partial charge >= 0.3 is 5.97 Å². The average Bonchev–Trinajstić information content (AvgIpc) is 2.69. The number of aryl methyl sites for hydroxylation is 1. The molecule has 1 atom stereocenters. The third-order valence-electron chi connectivity index (χ3n) is 4.65. The number of thiocarbonyl (C=S) groups is 1. The summed E-state index contributed by atoms with van der Waals surface area (Å²) in [5.41, 5.74) is 3.06. The molecule has 2 aromatic rings. The van der Waals surface area contributed by atoms with Crippen molar-refractivity contribution in [3.05, 3.63) is 76.2 Å². The number of methoxy groups -OCH3 is 1. The van der Waals surface area contributed by atoms with Gasteiger partial charge in [0, 0.05) is 5.70 Å². The molecule has 0 saturated heterocycles. The highest BCUT2D eigenvalue weighted by Crippen LogP contribution is 2.34. The molecule has 0 amide bonds. The lowest BCUT2D eigenvalue weighted by atomic mass is 9.93. The number of rotatable bonds is 3. The lowest BCUT2D eigenvalue weighted by Crippen LogP contribution is -2.48. The van der Waals surface area contributed by atoms with Crippen LogP contribution in [-0.4, -0.2) is 18.2 Å². The summed E-state index contributed by atoms with van der Waals surface area (Å²) in [5.74, 6) is -0.894. The molecule has 3 rings (SSSR count). The van der Waals surface area contributed by atoms with Gasteiger partial charge in [-0.25, -0.2) is 9.18 Å². The van der Waals surface area contributed by atoms with Gasteiger partial charge < -0.3 is 10.1 Å². The molecule has 142 valence electrons. The largest absolute Gasteiger partial charge is 0.466 e. The fraction of sp³-hybridized carbons (Fsp3) is 0.190. The maximum atomic E-state index is 14.1. The number of nitriles is 1. The monoisotopic (exact) mass is 395 g/mol. The second kappa shape index (κ2) is 7.79. The first-order valence-electron chi connectivity index (χ1n) is 8.53. The van der Waals surface area contributed by atoms with Crippen LogP contribution in [0.3, 0.4) is 0 Å². The molecule has 1 aliphatic heterocycles. The Bertz CT molecular complexity index is 1040. The zero-order valence-corrected chi connectivity index (χ0v) is 16.4. The van der Waals surface area contributed by atoms with E-state index in [1.54, 1.807) is 55.1 Å². The van der Waals surface area contributed by atoms with Crippen LogP contribution in [0, 0.1) is 24.1 Å². The predicted molar refractivity (Wildman–Crippen MR) is 108 cm³/mol. The lowest BCUT2D eigenvalue weighted by molar-refractivity contribution is -0.136. The molecule has 0 spiro atoms. The van der Waals surface area contributed by atoms with E-state index in [1.165, 1.54) is 13.2 Å². The van der Waals surface area contributed by atoms with E-state index in [-0.39, 0.29) is 5.82 Å². The van der Waals surface area contributed by atoms with E-state index in [0.29, 0.717) is 38.8 Å².